The van der Waals surface area contributed by atoms with E-state index in [4.69, 9.17) is 19.4 Å². The van der Waals surface area contributed by atoms with E-state index in [9.17, 15) is 19.6 Å². The van der Waals surface area contributed by atoms with Crippen LogP contribution in [0.3, 0.4) is 0 Å². The molecule has 0 fully saturated rings. The highest BCUT2D eigenvalue weighted by Crippen LogP contribution is 2.53. The molecule has 1 aromatic carbocycles. The zero-order valence-electron chi connectivity index (χ0n) is 19.7. The summed E-state index contributed by atoms with van der Waals surface area (Å²) in [7, 11) is -2.59. The highest BCUT2D eigenvalue weighted by molar-refractivity contribution is 7.66. The fraction of sp³-hybridized carbons (Fsp3) is 0.304. The number of nitrogens with one attached hydrogen (secondary N) is 1. The quantitative estimate of drug-likeness (QED) is 0.359. The molecule has 1 unspecified atom stereocenters. The van der Waals surface area contributed by atoms with Gasteiger partial charge in [-0.2, -0.15) is 4.76 Å². The Morgan fingerprint density at radius 1 is 1.29 bits per heavy atom. The summed E-state index contributed by atoms with van der Waals surface area (Å²) in [5, 5.41) is 25.7. The lowest BCUT2D eigenvalue weighted by atomic mass is 9.91. The molecule has 35 heavy (non-hydrogen) atoms. The molecule has 1 aliphatic heterocycles. The van der Waals surface area contributed by atoms with Crippen LogP contribution in [-0.4, -0.2) is 40.2 Å². The minimum absolute atomic E-state index is 0.00426. The average Bonchev–Trinajstić information content (AvgIpc) is 3.38. The molecule has 12 heteroatoms. The molecule has 0 spiro atoms. The number of aromatic hydroxyl groups is 2. The molecular formula is C23H27N4O7P. The molecule has 4 rings (SSSR count). The second kappa shape index (κ2) is 8.83. The van der Waals surface area contributed by atoms with Gasteiger partial charge in [0.1, 0.15) is 11.3 Å². The first-order valence-electron chi connectivity index (χ1n) is 10.7. The Kier molecular flexibility index (Phi) is 6.16. The molecule has 1 aliphatic rings. The number of hydrogen-bond donors (Lipinski definition) is 4. The van der Waals surface area contributed by atoms with Crippen LogP contribution in [0.5, 0.6) is 17.4 Å². The molecule has 3 aromatic rings. The van der Waals surface area contributed by atoms with Crippen LogP contribution in [-0.2, 0) is 25.8 Å². The lowest BCUT2D eigenvalue weighted by Crippen LogP contribution is -2.26. The van der Waals surface area contributed by atoms with Crippen LogP contribution >= 0.6 is 7.52 Å². The van der Waals surface area contributed by atoms with Crippen LogP contribution in [0.2, 0.25) is 0 Å². The molecule has 0 saturated heterocycles. The molecule has 0 aliphatic carbocycles. The molecule has 0 bridgehead atoms. The Balaban J connectivity index is 1.83. The summed E-state index contributed by atoms with van der Waals surface area (Å²) in [5.41, 5.74) is 6.18. The second-order valence-corrected chi connectivity index (χ2v) is 11.2. The topological polar surface area (TPSA) is 162 Å². The summed E-state index contributed by atoms with van der Waals surface area (Å²) in [6, 6.07) is 6.34. The normalized spacial score (nSPS) is 17.4. The summed E-state index contributed by atoms with van der Waals surface area (Å²) in [6.45, 7) is 5.58. The van der Waals surface area contributed by atoms with Crippen LogP contribution in [0.1, 0.15) is 37.6 Å². The number of amidine groups is 1. The van der Waals surface area contributed by atoms with Gasteiger partial charge in [0.2, 0.25) is 5.88 Å². The van der Waals surface area contributed by atoms with Crippen molar-refractivity contribution in [1.29, 1.82) is 0 Å². The number of carbonyl (C=O) groups is 1. The lowest BCUT2D eigenvalue weighted by Gasteiger charge is -2.24. The maximum Gasteiger partial charge on any atom is 0.348 e. The Morgan fingerprint density at radius 3 is 2.63 bits per heavy atom. The van der Waals surface area contributed by atoms with E-state index in [0.29, 0.717) is 11.4 Å². The van der Waals surface area contributed by atoms with Gasteiger partial charge in [0, 0.05) is 18.1 Å². The molecule has 186 valence electrons. The van der Waals surface area contributed by atoms with Gasteiger partial charge in [-0.15, -0.1) is 0 Å². The van der Waals surface area contributed by atoms with Gasteiger partial charge >= 0.3 is 7.52 Å². The maximum absolute atomic E-state index is 13.7. The van der Waals surface area contributed by atoms with E-state index >= 15 is 0 Å². The Hall–Kier alpha value is -3.69. The van der Waals surface area contributed by atoms with Crippen molar-refractivity contribution in [2.75, 3.05) is 19.0 Å². The number of hydrogen-bond acceptors (Lipinski definition) is 8. The zero-order valence-corrected chi connectivity index (χ0v) is 20.6. The molecule has 0 radical (unpaired) electrons. The van der Waals surface area contributed by atoms with Gasteiger partial charge in [-0.25, -0.2) is 0 Å². The number of nitrogens with zero attached hydrogens (tertiary/aromatic N) is 2. The van der Waals surface area contributed by atoms with E-state index in [1.165, 1.54) is 19.4 Å². The predicted molar refractivity (Wildman–Crippen MR) is 130 cm³/mol. The van der Waals surface area contributed by atoms with Crippen molar-refractivity contribution in [2.24, 2.45) is 10.5 Å². The number of nitrogens with two attached hydrogens (primary N) is 1. The number of primary amides is 1. The number of furan rings is 1. The van der Waals surface area contributed by atoms with Crippen LogP contribution in [0.15, 0.2) is 46.0 Å². The van der Waals surface area contributed by atoms with Gasteiger partial charge in [0.15, 0.2) is 18.2 Å². The van der Waals surface area contributed by atoms with E-state index in [2.05, 4.69) is 10.1 Å². The molecule has 3 heterocycles. The monoisotopic (exact) mass is 502 g/mol. The number of aromatic nitrogens is 1. The van der Waals surface area contributed by atoms with Crippen molar-refractivity contribution < 1.29 is 33.3 Å². The van der Waals surface area contributed by atoms with Crippen LogP contribution < -0.4 is 21.1 Å². The fourth-order valence-electron chi connectivity index (χ4n) is 3.98. The van der Waals surface area contributed by atoms with Gasteiger partial charge in [-0.05, 0) is 24.3 Å². The number of benzene rings is 1. The minimum atomic E-state index is -3.84. The third-order valence-corrected chi connectivity index (χ3v) is 7.40. The summed E-state index contributed by atoms with van der Waals surface area (Å²) in [5.74, 6) is -0.867. The van der Waals surface area contributed by atoms with Crippen molar-refractivity contribution in [3.8, 4) is 17.4 Å². The number of fused-ring (bicyclic) bond motifs is 1. The predicted octanol–water partition coefficient (Wildman–Crippen LogP) is 3.04. The lowest BCUT2D eigenvalue weighted by molar-refractivity contribution is -0.119. The van der Waals surface area contributed by atoms with Crippen molar-refractivity contribution in [2.45, 2.75) is 32.7 Å². The van der Waals surface area contributed by atoms with E-state index in [0.717, 1.165) is 5.56 Å². The Labute approximate surface area is 201 Å². The molecule has 5 N–H and O–H groups in total. The largest absolute Gasteiger partial charge is 0.505 e. The maximum atomic E-state index is 13.7. The van der Waals surface area contributed by atoms with Gasteiger partial charge in [0.25, 0.3) is 5.91 Å². The first-order chi connectivity index (χ1) is 16.4. The Morgan fingerprint density at radius 2 is 2.03 bits per heavy atom. The molecule has 1 amide bonds. The standard InChI is InChI=1S/C23H27N4O7P/c1-23(2,3)20-19(29)18(22(30)27(20)10-13-7-8-33-11-13)21-25-15-6-5-14(34-12-17(24)28)9-16(15)35(31,26-21)32-4/h5-9,11,29-30H,10,12H2,1-4H3,(H2,24,28)(H,25,26,31). The van der Waals surface area contributed by atoms with E-state index in [-0.39, 0.29) is 47.2 Å². The van der Waals surface area contributed by atoms with Crippen LogP contribution in [0.4, 0.5) is 5.69 Å². The third kappa shape index (κ3) is 4.52. The molecular weight excluding hydrogens is 475 g/mol. The molecule has 11 nitrogen and oxygen atoms in total. The number of amides is 1. The fourth-order valence-corrected chi connectivity index (χ4v) is 5.50. The number of anilines is 1. The summed E-state index contributed by atoms with van der Waals surface area (Å²) in [4.78, 5) is 11.0. The first kappa shape index (κ1) is 24.4. The van der Waals surface area contributed by atoms with Crippen molar-refractivity contribution in [3.63, 3.8) is 0 Å². The van der Waals surface area contributed by atoms with Gasteiger partial charge < -0.3 is 39.5 Å². The van der Waals surface area contributed by atoms with Crippen molar-refractivity contribution >= 4 is 30.3 Å². The summed E-state index contributed by atoms with van der Waals surface area (Å²) in [6.07, 6.45) is 3.07. The second-order valence-electron chi connectivity index (χ2n) is 9.07. The molecule has 0 saturated carbocycles. The van der Waals surface area contributed by atoms with Gasteiger partial charge in [0.05, 0.1) is 35.8 Å². The summed E-state index contributed by atoms with van der Waals surface area (Å²) < 4.78 is 35.3. The van der Waals surface area contributed by atoms with Crippen LogP contribution in [0.25, 0.3) is 0 Å². The Bertz CT molecular complexity index is 1350. The number of ether oxygens (including phenoxy) is 1. The van der Waals surface area contributed by atoms with Gasteiger partial charge in [-0.3, -0.25) is 9.36 Å². The number of carbonyl (C=O) groups excluding carboxylic acids is 1. The molecule has 2 aromatic heterocycles. The third-order valence-electron chi connectivity index (χ3n) is 5.47. The van der Waals surface area contributed by atoms with Gasteiger partial charge in [-0.1, -0.05) is 20.8 Å². The van der Waals surface area contributed by atoms with E-state index in [1.807, 2.05) is 20.8 Å². The highest BCUT2D eigenvalue weighted by atomic mass is 31.2. The van der Waals surface area contributed by atoms with Crippen LogP contribution in [0, 0.1) is 0 Å². The smallest absolute Gasteiger partial charge is 0.348 e. The average molecular weight is 502 g/mol. The first-order valence-corrected chi connectivity index (χ1v) is 12.3. The number of rotatable bonds is 7. The SMILES string of the molecule is COP1(=O)N=C(c2c(O)c(C(C)(C)C)n(Cc3ccoc3)c2O)Nc2ccc(OCC(N)=O)cc21. The van der Waals surface area contributed by atoms with E-state index < -0.39 is 18.8 Å². The zero-order chi connectivity index (χ0) is 25.5. The highest BCUT2D eigenvalue weighted by Gasteiger charge is 2.38. The molecule has 1 atom stereocenters. The minimum Gasteiger partial charge on any atom is -0.505 e. The van der Waals surface area contributed by atoms with Crippen molar-refractivity contribution in [3.05, 3.63) is 53.6 Å². The summed E-state index contributed by atoms with van der Waals surface area (Å²) >= 11 is 0. The van der Waals surface area contributed by atoms with E-state index in [1.54, 1.807) is 29.0 Å². The van der Waals surface area contributed by atoms with Crippen molar-refractivity contribution in [1.82, 2.24) is 4.57 Å².